The SMILES string of the molecule is Cc1ccc(-n2nc(-c3ccccc3)c3c2N(CC(=O)NC2CC2)C(=O)CS[C@@H]3c2ccccc2C)c(C)c1. The Kier molecular flexibility index (Phi) is 6.77. The number of thioether (sulfide) groups is 1. The molecule has 6 rings (SSSR count). The zero-order valence-corrected chi connectivity index (χ0v) is 23.3. The second-order valence-corrected chi connectivity index (χ2v) is 11.6. The van der Waals surface area contributed by atoms with Crippen LogP contribution in [0.4, 0.5) is 5.82 Å². The van der Waals surface area contributed by atoms with Gasteiger partial charge in [-0.1, -0.05) is 72.3 Å². The van der Waals surface area contributed by atoms with Crippen molar-refractivity contribution < 1.29 is 9.59 Å². The van der Waals surface area contributed by atoms with Crippen molar-refractivity contribution in [1.29, 1.82) is 0 Å². The minimum absolute atomic E-state index is 0.0335. The Bertz CT molecular complexity index is 1560. The van der Waals surface area contributed by atoms with Crippen LogP contribution in [0.3, 0.4) is 0 Å². The molecule has 6 nitrogen and oxygen atoms in total. The molecule has 1 atom stereocenters. The molecule has 1 saturated carbocycles. The van der Waals surface area contributed by atoms with Gasteiger partial charge in [-0.25, -0.2) is 4.68 Å². The lowest BCUT2D eigenvalue weighted by molar-refractivity contribution is -0.123. The van der Waals surface area contributed by atoms with Gasteiger partial charge < -0.3 is 5.32 Å². The van der Waals surface area contributed by atoms with Crippen LogP contribution in [0, 0.1) is 20.8 Å². The molecule has 2 amide bonds. The van der Waals surface area contributed by atoms with E-state index in [2.05, 4.69) is 68.6 Å². The predicted molar refractivity (Wildman–Crippen MR) is 157 cm³/mol. The lowest BCUT2D eigenvalue weighted by Crippen LogP contribution is -2.43. The molecule has 0 radical (unpaired) electrons. The number of benzene rings is 3. The zero-order chi connectivity index (χ0) is 27.1. The maximum atomic E-state index is 13.8. The molecule has 1 aromatic heterocycles. The third kappa shape index (κ3) is 4.99. The maximum Gasteiger partial charge on any atom is 0.240 e. The number of nitrogens with zero attached hydrogens (tertiary/aromatic N) is 3. The first-order chi connectivity index (χ1) is 18.9. The molecule has 2 aliphatic rings. The molecule has 39 heavy (non-hydrogen) atoms. The molecule has 0 saturated heterocycles. The Morgan fingerprint density at radius 1 is 0.974 bits per heavy atom. The zero-order valence-electron chi connectivity index (χ0n) is 22.5. The van der Waals surface area contributed by atoms with Crippen LogP contribution >= 0.6 is 11.8 Å². The number of rotatable bonds is 6. The molecule has 0 bridgehead atoms. The fraction of sp³-hybridized carbons (Fsp3) is 0.281. The van der Waals surface area contributed by atoms with Crippen LogP contribution in [0.25, 0.3) is 16.9 Å². The van der Waals surface area contributed by atoms with E-state index in [4.69, 9.17) is 5.10 Å². The number of aryl methyl sites for hydroxylation is 3. The summed E-state index contributed by atoms with van der Waals surface area (Å²) in [5.41, 5.74) is 8.19. The third-order valence-electron chi connectivity index (χ3n) is 7.43. The summed E-state index contributed by atoms with van der Waals surface area (Å²) in [7, 11) is 0. The van der Waals surface area contributed by atoms with Crippen LogP contribution in [0.1, 0.15) is 45.9 Å². The second kappa shape index (κ2) is 10.4. The van der Waals surface area contributed by atoms with Crippen LogP contribution < -0.4 is 10.2 Å². The third-order valence-corrected chi connectivity index (χ3v) is 8.67. The molecule has 0 spiro atoms. The Balaban J connectivity index is 1.63. The lowest BCUT2D eigenvalue weighted by atomic mass is 9.96. The number of carbonyl (C=O) groups excluding carboxylic acids is 2. The summed E-state index contributed by atoms with van der Waals surface area (Å²) >= 11 is 1.61. The highest BCUT2D eigenvalue weighted by atomic mass is 32.2. The van der Waals surface area contributed by atoms with Gasteiger partial charge in [0.25, 0.3) is 0 Å². The highest BCUT2D eigenvalue weighted by molar-refractivity contribution is 8.00. The topological polar surface area (TPSA) is 67.2 Å². The number of carbonyl (C=O) groups is 2. The van der Waals surface area contributed by atoms with E-state index < -0.39 is 0 Å². The molecule has 4 aromatic rings. The molecule has 1 N–H and O–H groups in total. The minimum atomic E-state index is -0.134. The van der Waals surface area contributed by atoms with E-state index in [1.807, 2.05) is 35.0 Å². The molecule has 2 heterocycles. The average Bonchev–Trinajstić information content (AvgIpc) is 3.68. The van der Waals surface area contributed by atoms with E-state index in [9.17, 15) is 9.59 Å². The van der Waals surface area contributed by atoms with Crippen molar-refractivity contribution in [2.24, 2.45) is 0 Å². The molecule has 1 fully saturated rings. The molecule has 1 aliphatic carbocycles. The minimum Gasteiger partial charge on any atom is -0.352 e. The van der Waals surface area contributed by atoms with Gasteiger partial charge in [0.15, 0.2) is 0 Å². The van der Waals surface area contributed by atoms with Gasteiger partial charge in [0.1, 0.15) is 12.4 Å². The van der Waals surface area contributed by atoms with E-state index in [-0.39, 0.29) is 35.4 Å². The van der Waals surface area contributed by atoms with Crippen molar-refractivity contribution in [3.63, 3.8) is 0 Å². The summed E-state index contributed by atoms with van der Waals surface area (Å²) in [5, 5.41) is 8.16. The standard InChI is InChI=1S/C32H32N4O2S/c1-20-13-16-26(22(3)17-20)36-32-29(30(34-36)23-10-5-4-6-11-23)31(25-12-8-7-9-21(25)2)39-19-28(38)35(32)18-27(37)33-24-14-15-24/h4-13,16-17,24,31H,14-15,18-19H2,1-3H3,(H,33,37)/t31-/m1/s1. The second-order valence-electron chi connectivity index (χ2n) is 10.5. The number of anilines is 1. The van der Waals surface area contributed by atoms with Crippen molar-refractivity contribution in [3.8, 4) is 16.9 Å². The molecular formula is C32H32N4O2S. The van der Waals surface area contributed by atoms with Crippen molar-refractivity contribution >= 4 is 29.4 Å². The van der Waals surface area contributed by atoms with Gasteiger partial charge in [0.05, 0.1) is 22.4 Å². The number of hydrogen-bond donors (Lipinski definition) is 1. The first-order valence-electron chi connectivity index (χ1n) is 13.4. The van der Waals surface area contributed by atoms with Gasteiger partial charge in [-0.05, 0) is 56.4 Å². The number of aromatic nitrogens is 2. The molecular weight excluding hydrogens is 504 g/mol. The highest BCUT2D eigenvalue weighted by Gasteiger charge is 2.38. The Morgan fingerprint density at radius 2 is 1.72 bits per heavy atom. The normalized spacial score (nSPS) is 17.1. The van der Waals surface area contributed by atoms with Gasteiger partial charge >= 0.3 is 0 Å². The summed E-state index contributed by atoms with van der Waals surface area (Å²) in [6.07, 6.45) is 1.99. The molecule has 3 aromatic carbocycles. The molecule has 198 valence electrons. The van der Waals surface area contributed by atoms with Gasteiger partial charge in [-0.3, -0.25) is 14.5 Å². The Morgan fingerprint density at radius 3 is 2.44 bits per heavy atom. The molecule has 7 heteroatoms. The van der Waals surface area contributed by atoms with Crippen molar-refractivity contribution in [1.82, 2.24) is 15.1 Å². The molecule has 0 unspecified atom stereocenters. The Labute approximate surface area is 233 Å². The van der Waals surface area contributed by atoms with Crippen molar-refractivity contribution in [3.05, 3.63) is 101 Å². The van der Waals surface area contributed by atoms with E-state index in [1.54, 1.807) is 16.7 Å². The van der Waals surface area contributed by atoms with Gasteiger partial charge in [-0.15, -0.1) is 11.8 Å². The Hall–Kier alpha value is -3.84. The van der Waals surface area contributed by atoms with Crippen LogP contribution in [0.2, 0.25) is 0 Å². The van der Waals surface area contributed by atoms with Crippen LogP contribution in [-0.4, -0.2) is 39.9 Å². The monoisotopic (exact) mass is 536 g/mol. The summed E-state index contributed by atoms with van der Waals surface area (Å²) in [6.45, 7) is 6.21. The van der Waals surface area contributed by atoms with Crippen LogP contribution in [0.15, 0.2) is 72.8 Å². The van der Waals surface area contributed by atoms with Gasteiger partial charge in [0, 0.05) is 17.2 Å². The highest BCUT2D eigenvalue weighted by Crippen LogP contribution is 2.49. The predicted octanol–water partition coefficient (Wildman–Crippen LogP) is 5.91. The largest absolute Gasteiger partial charge is 0.352 e. The van der Waals surface area contributed by atoms with E-state index in [0.29, 0.717) is 5.82 Å². The molecule has 1 aliphatic heterocycles. The fourth-order valence-electron chi connectivity index (χ4n) is 5.31. The van der Waals surface area contributed by atoms with Crippen molar-refractivity contribution in [2.45, 2.75) is 44.9 Å². The van der Waals surface area contributed by atoms with E-state index >= 15 is 0 Å². The number of amides is 2. The number of hydrogen-bond acceptors (Lipinski definition) is 4. The van der Waals surface area contributed by atoms with E-state index in [1.165, 1.54) is 0 Å². The summed E-state index contributed by atoms with van der Waals surface area (Å²) in [4.78, 5) is 28.6. The maximum absolute atomic E-state index is 13.8. The van der Waals surface area contributed by atoms with Crippen molar-refractivity contribution in [2.75, 3.05) is 17.2 Å². The number of nitrogens with one attached hydrogen (secondary N) is 1. The fourth-order valence-corrected chi connectivity index (χ4v) is 6.60. The van der Waals surface area contributed by atoms with E-state index in [0.717, 1.165) is 57.6 Å². The average molecular weight is 537 g/mol. The first kappa shape index (κ1) is 25.4. The summed E-state index contributed by atoms with van der Waals surface area (Å²) < 4.78 is 1.89. The quantitative estimate of drug-likeness (QED) is 0.333. The first-order valence-corrected chi connectivity index (χ1v) is 14.5. The van der Waals surface area contributed by atoms with Crippen LogP contribution in [0.5, 0.6) is 0 Å². The van der Waals surface area contributed by atoms with Gasteiger partial charge in [-0.2, -0.15) is 5.10 Å². The van der Waals surface area contributed by atoms with Crippen LogP contribution in [-0.2, 0) is 9.59 Å². The smallest absolute Gasteiger partial charge is 0.240 e. The summed E-state index contributed by atoms with van der Waals surface area (Å²) in [5.74, 6) is 0.723. The van der Waals surface area contributed by atoms with Gasteiger partial charge in [0.2, 0.25) is 11.8 Å². The lowest BCUT2D eigenvalue weighted by Gasteiger charge is -2.24. The summed E-state index contributed by atoms with van der Waals surface area (Å²) in [6, 6.07) is 24.9. The number of fused-ring (bicyclic) bond motifs is 1.